The van der Waals surface area contributed by atoms with E-state index in [1.807, 2.05) is 0 Å². The van der Waals surface area contributed by atoms with Crippen molar-refractivity contribution < 1.29 is 32.3 Å². The SMILES string of the molecule is Cc1ccc(C(=O)N(CC(=O)O)CC(F)(F)F)o1. The van der Waals surface area contributed by atoms with Crippen LogP contribution in [0.25, 0.3) is 0 Å². The van der Waals surface area contributed by atoms with E-state index in [2.05, 4.69) is 0 Å². The molecule has 0 aliphatic heterocycles. The molecule has 8 heteroatoms. The number of alkyl halides is 3. The van der Waals surface area contributed by atoms with Crippen LogP contribution in [0, 0.1) is 6.92 Å². The first-order valence-electron chi connectivity index (χ1n) is 4.83. The second-order valence-corrected chi connectivity index (χ2v) is 3.58. The summed E-state index contributed by atoms with van der Waals surface area (Å²) in [5.74, 6) is -2.61. The van der Waals surface area contributed by atoms with Crippen molar-refractivity contribution in [2.45, 2.75) is 13.1 Å². The van der Waals surface area contributed by atoms with Gasteiger partial charge in [-0.2, -0.15) is 13.2 Å². The van der Waals surface area contributed by atoms with E-state index in [9.17, 15) is 22.8 Å². The van der Waals surface area contributed by atoms with Crippen molar-refractivity contribution in [1.82, 2.24) is 4.90 Å². The monoisotopic (exact) mass is 265 g/mol. The van der Waals surface area contributed by atoms with Gasteiger partial charge >= 0.3 is 12.1 Å². The number of rotatable bonds is 4. The lowest BCUT2D eigenvalue weighted by atomic mass is 10.3. The molecule has 1 aromatic heterocycles. The lowest BCUT2D eigenvalue weighted by molar-refractivity contribution is -0.149. The van der Waals surface area contributed by atoms with Crippen LogP contribution < -0.4 is 0 Å². The van der Waals surface area contributed by atoms with E-state index in [1.165, 1.54) is 19.1 Å². The van der Waals surface area contributed by atoms with Gasteiger partial charge in [0.05, 0.1) is 0 Å². The first-order valence-corrected chi connectivity index (χ1v) is 4.83. The van der Waals surface area contributed by atoms with Gasteiger partial charge in [-0.05, 0) is 19.1 Å². The number of furan rings is 1. The Bertz CT molecular complexity index is 452. The highest BCUT2D eigenvalue weighted by atomic mass is 19.4. The smallest absolute Gasteiger partial charge is 0.406 e. The summed E-state index contributed by atoms with van der Waals surface area (Å²) in [5, 5.41) is 8.49. The summed E-state index contributed by atoms with van der Waals surface area (Å²) in [6, 6.07) is 2.60. The van der Waals surface area contributed by atoms with Gasteiger partial charge in [0.1, 0.15) is 18.8 Å². The molecular weight excluding hydrogens is 255 g/mol. The zero-order valence-corrected chi connectivity index (χ0v) is 9.32. The number of amides is 1. The molecule has 0 unspecified atom stereocenters. The summed E-state index contributed by atoms with van der Waals surface area (Å²) in [4.78, 5) is 22.3. The molecule has 1 N–H and O–H groups in total. The topological polar surface area (TPSA) is 70.8 Å². The van der Waals surface area contributed by atoms with Crippen molar-refractivity contribution in [2.24, 2.45) is 0 Å². The van der Waals surface area contributed by atoms with E-state index < -0.39 is 31.1 Å². The van der Waals surface area contributed by atoms with Crippen LogP contribution in [0.5, 0.6) is 0 Å². The van der Waals surface area contributed by atoms with Gasteiger partial charge in [-0.25, -0.2) is 0 Å². The van der Waals surface area contributed by atoms with Gasteiger partial charge in [-0.15, -0.1) is 0 Å². The zero-order valence-electron chi connectivity index (χ0n) is 9.32. The predicted octanol–water partition coefficient (Wildman–Crippen LogP) is 1.68. The first-order chi connectivity index (χ1) is 8.19. The largest absolute Gasteiger partial charge is 0.480 e. The Labute approximate surface area is 99.8 Å². The van der Waals surface area contributed by atoms with E-state index >= 15 is 0 Å². The Morgan fingerprint density at radius 3 is 2.39 bits per heavy atom. The summed E-state index contributed by atoms with van der Waals surface area (Å²) >= 11 is 0. The second-order valence-electron chi connectivity index (χ2n) is 3.58. The van der Waals surface area contributed by atoms with Crippen LogP contribution >= 0.6 is 0 Å². The summed E-state index contributed by atoms with van der Waals surface area (Å²) in [7, 11) is 0. The Hall–Kier alpha value is -1.99. The molecule has 0 atom stereocenters. The number of halogens is 3. The molecular formula is C10H10F3NO4. The molecule has 0 fully saturated rings. The van der Waals surface area contributed by atoms with E-state index in [0.29, 0.717) is 5.76 Å². The molecule has 1 rings (SSSR count). The van der Waals surface area contributed by atoms with E-state index in [-0.39, 0.29) is 10.7 Å². The lowest BCUT2D eigenvalue weighted by Gasteiger charge is -2.20. The number of carboxylic acid groups (broad SMARTS) is 1. The molecule has 0 spiro atoms. The molecule has 100 valence electrons. The number of hydrogen-bond donors (Lipinski definition) is 1. The van der Waals surface area contributed by atoms with Crippen molar-refractivity contribution in [2.75, 3.05) is 13.1 Å². The molecule has 1 aromatic rings. The standard InChI is InChI=1S/C10H10F3NO4/c1-6-2-3-7(18-6)9(17)14(4-8(15)16)5-10(11,12)13/h2-3H,4-5H2,1H3,(H,15,16). The molecule has 1 heterocycles. The first kappa shape index (κ1) is 14.1. The predicted molar refractivity (Wildman–Crippen MR) is 53.0 cm³/mol. The average Bonchev–Trinajstić information content (AvgIpc) is 2.59. The maximum Gasteiger partial charge on any atom is 0.406 e. The van der Waals surface area contributed by atoms with Crippen LogP contribution in [-0.2, 0) is 4.79 Å². The van der Waals surface area contributed by atoms with Gasteiger partial charge in [-0.1, -0.05) is 0 Å². The highest BCUT2D eigenvalue weighted by molar-refractivity contribution is 5.93. The third kappa shape index (κ3) is 4.11. The normalized spacial score (nSPS) is 11.3. The number of nitrogens with zero attached hydrogens (tertiary/aromatic N) is 1. The highest BCUT2D eigenvalue weighted by Gasteiger charge is 2.35. The van der Waals surface area contributed by atoms with E-state index in [4.69, 9.17) is 9.52 Å². The van der Waals surface area contributed by atoms with Gasteiger partial charge in [-0.3, -0.25) is 9.59 Å². The third-order valence-corrected chi connectivity index (χ3v) is 1.93. The fraction of sp³-hybridized carbons (Fsp3) is 0.400. The van der Waals surface area contributed by atoms with Gasteiger partial charge in [0.2, 0.25) is 0 Å². The molecule has 0 aliphatic carbocycles. The zero-order chi connectivity index (χ0) is 13.9. The molecule has 0 aromatic carbocycles. The number of carbonyl (C=O) groups excluding carboxylic acids is 1. The molecule has 1 amide bonds. The Morgan fingerprint density at radius 2 is 2.00 bits per heavy atom. The minimum Gasteiger partial charge on any atom is -0.480 e. The van der Waals surface area contributed by atoms with Crippen molar-refractivity contribution in [3.05, 3.63) is 23.7 Å². The van der Waals surface area contributed by atoms with Crippen LogP contribution in [0.4, 0.5) is 13.2 Å². The van der Waals surface area contributed by atoms with E-state index in [0.717, 1.165) is 0 Å². The van der Waals surface area contributed by atoms with E-state index in [1.54, 1.807) is 0 Å². The number of carbonyl (C=O) groups is 2. The Kier molecular flexibility index (Phi) is 4.00. The maximum absolute atomic E-state index is 12.2. The number of carboxylic acids is 1. The summed E-state index contributed by atoms with van der Waals surface area (Å²) in [5.41, 5.74) is 0. The minimum atomic E-state index is -4.67. The molecule has 0 radical (unpaired) electrons. The minimum absolute atomic E-state index is 0.167. The van der Waals surface area contributed by atoms with Gasteiger partial charge in [0.15, 0.2) is 5.76 Å². The quantitative estimate of drug-likeness (QED) is 0.899. The average molecular weight is 265 g/mol. The summed E-state index contributed by atoms with van der Waals surface area (Å²) < 4.78 is 41.5. The fourth-order valence-electron chi connectivity index (χ4n) is 1.28. The summed E-state index contributed by atoms with van der Waals surface area (Å²) in [6.45, 7) is -1.17. The van der Waals surface area contributed by atoms with Crippen LogP contribution in [0.1, 0.15) is 16.3 Å². The molecule has 0 saturated heterocycles. The summed E-state index contributed by atoms with van der Waals surface area (Å²) in [6.07, 6.45) is -4.67. The van der Waals surface area contributed by atoms with Crippen LogP contribution in [0.3, 0.4) is 0 Å². The van der Waals surface area contributed by atoms with Crippen LogP contribution in [-0.4, -0.2) is 41.1 Å². The van der Waals surface area contributed by atoms with Crippen LogP contribution in [0.15, 0.2) is 16.5 Å². The molecule has 0 bridgehead atoms. The molecule has 0 aliphatic rings. The maximum atomic E-state index is 12.2. The highest BCUT2D eigenvalue weighted by Crippen LogP contribution is 2.18. The Balaban J connectivity index is 2.88. The molecule has 5 nitrogen and oxygen atoms in total. The van der Waals surface area contributed by atoms with Gasteiger partial charge < -0.3 is 14.4 Å². The van der Waals surface area contributed by atoms with Crippen molar-refractivity contribution in [3.63, 3.8) is 0 Å². The third-order valence-electron chi connectivity index (χ3n) is 1.93. The second kappa shape index (κ2) is 5.11. The lowest BCUT2D eigenvalue weighted by Crippen LogP contribution is -2.41. The fourth-order valence-corrected chi connectivity index (χ4v) is 1.28. The number of aliphatic carboxylic acids is 1. The molecule has 18 heavy (non-hydrogen) atoms. The Morgan fingerprint density at radius 1 is 1.39 bits per heavy atom. The number of aryl methyl sites for hydroxylation is 1. The van der Waals surface area contributed by atoms with Gasteiger partial charge in [0, 0.05) is 0 Å². The van der Waals surface area contributed by atoms with Crippen molar-refractivity contribution in [1.29, 1.82) is 0 Å². The van der Waals surface area contributed by atoms with Crippen molar-refractivity contribution in [3.8, 4) is 0 Å². The number of hydrogen-bond acceptors (Lipinski definition) is 3. The molecule has 0 saturated carbocycles. The van der Waals surface area contributed by atoms with Gasteiger partial charge in [0.25, 0.3) is 5.91 Å². The van der Waals surface area contributed by atoms with Crippen LogP contribution in [0.2, 0.25) is 0 Å². The van der Waals surface area contributed by atoms with Crippen molar-refractivity contribution >= 4 is 11.9 Å².